The molecule has 3 rings (SSSR count). The van der Waals surface area contributed by atoms with Gasteiger partial charge in [0.05, 0.1) is 5.56 Å². The predicted molar refractivity (Wildman–Crippen MR) is 93.9 cm³/mol. The van der Waals surface area contributed by atoms with Crippen molar-refractivity contribution in [2.75, 3.05) is 0 Å². The Hall–Kier alpha value is -2.87. The molecule has 0 radical (unpaired) electrons. The highest BCUT2D eigenvalue weighted by molar-refractivity contribution is 6.11. The molecule has 0 unspecified atom stereocenters. The molecule has 1 N–H and O–H groups in total. The number of pyridine rings is 1. The number of hydrogen-bond acceptors (Lipinski definition) is 4. The van der Waals surface area contributed by atoms with E-state index in [-0.39, 0.29) is 34.4 Å². The van der Waals surface area contributed by atoms with Crippen LogP contribution in [-0.2, 0) is 0 Å². The van der Waals surface area contributed by atoms with E-state index in [0.717, 1.165) is 31.2 Å². The van der Waals surface area contributed by atoms with Gasteiger partial charge in [-0.25, -0.2) is 0 Å². The monoisotopic (exact) mass is 336 g/mol. The Balaban J connectivity index is 2.26. The fourth-order valence-electron chi connectivity index (χ4n) is 3.63. The molecule has 0 atom stereocenters. The van der Waals surface area contributed by atoms with Gasteiger partial charge in [-0.3, -0.25) is 14.2 Å². The highest BCUT2D eigenvalue weighted by Crippen LogP contribution is 2.34. The van der Waals surface area contributed by atoms with Gasteiger partial charge in [-0.1, -0.05) is 36.6 Å². The first kappa shape index (κ1) is 17.0. The lowest BCUT2D eigenvalue weighted by Crippen LogP contribution is -2.29. The summed E-state index contributed by atoms with van der Waals surface area (Å²) in [6.45, 7) is 3.42. The van der Waals surface area contributed by atoms with Crippen LogP contribution in [0.1, 0.15) is 64.3 Å². The predicted octanol–water partition coefficient (Wildman–Crippen LogP) is 3.39. The number of nitriles is 1. The van der Waals surface area contributed by atoms with Crippen LogP contribution in [0.4, 0.5) is 0 Å². The van der Waals surface area contributed by atoms with Crippen molar-refractivity contribution in [1.82, 2.24) is 4.57 Å². The molecule has 0 aliphatic heterocycles. The van der Waals surface area contributed by atoms with Crippen LogP contribution >= 0.6 is 0 Å². The Bertz CT molecular complexity index is 945. The van der Waals surface area contributed by atoms with Crippen LogP contribution in [0.5, 0.6) is 5.88 Å². The number of rotatable bonds is 3. The van der Waals surface area contributed by atoms with Crippen LogP contribution in [0.2, 0.25) is 0 Å². The second kappa shape index (κ2) is 6.56. The van der Waals surface area contributed by atoms with Gasteiger partial charge in [-0.2, -0.15) is 5.26 Å². The lowest BCUT2D eigenvalue weighted by Gasteiger charge is -2.20. The van der Waals surface area contributed by atoms with Crippen LogP contribution in [0.3, 0.4) is 0 Å². The van der Waals surface area contributed by atoms with Gasteiger partial charge >= 0.3 is 0 Å². The minimum absolute atomic E-state index is 0.0497. The smallest absolute Gasteiger partial charge is 0.271 e. The largest absolute Gasteiger partial charge is 0.494 e. The SMILES string of the molecule is Cc1cccc(C(=O)c2c(C)c(C#N)c(=O)n(C3CCCC3)c2O)c1. The number of aryl methyl sites for hydroxylation is 1. The molecule has 5 nitrogen and oxygen atoms in total. The Morgan fingerprint density at radius 2 is 1.96 bits per heavy atom. The van der Waals surface area contributed by atoms with Gasteiger partial charge in [0.2, 0.25) is 5.88 Å². The number of ketones is 1. The number of aromatic hydroxyl groups is 1. The molecule has 0 spiro atoms. The molecular formula is C20H20N2O3. The van der Waals surface area contributed by atoms with Crippen LogP contribution < -0.4 is 5.56 Å². The maximum Gasteiger partial charge on any atom is 0.271 e. The first-order valence-electron chi connectivity index (χ1n) is 8.45. The summed E-state index contributed by atoms with van der Waals surface area (Å²) in [6.07, 6.45) is 3.46. The third-order valence-corrected chi connectivity index (χ3v) is 4.94. The maximum absolute atomic E-state index is 13.0. The molecule has 1 aliphatic rings. The molecule has 0 bridgehead atoms. The zero-order chi connectivity index (χ0) is 18.1. The quantitative estimate of drug-likeness (QED) is 0.871. The molecule has 1 aliphatic carbocycles. The zero-order valence-electron chi connectivity index (χ0n) is 14.4. The first-order chi connectivity index (χ1) is 12.0. The van der Waals surface area contributed by atoms with Gasteiger partial charge in [0.15, 0.2) is 5.78 Å². The van der Waals surface area contributed by atoms with Crippen molar-refractivity contribution in [2.24, 2.45) is 0 Å². The van der Waals surface area contributed by atoms with E-state index in [2.05, 4.69) is 0 Å². The van der Waals surface area contributed by atoms with Crippen molar-refractivity contribution in [1.29, 1.82) is 5.26 Å². The van der Waals surface area contributed by atoms with E-state index >= 15 is 0 Å². The van der Waals surface area contributed by atoms with E-state index in [1.165, 1.54) is 4.57 Å². The number of carbonyl (C=O) groups is 1. The molecule has 1 aromatic heterocycles. The molecule has 2 aromatic rings. The van der Waals surface area contributed by atoms with Crippen molar-refractivity contribution in [3.63, 3.8) is 0 Å². The normalized spacial score (nSPS) is 14.4. The summed E-state index contributed by atoms with van der Waals surface area (Å²) in [5.74, 6) is -0.693. The van der Waals surface area contributed by atoms with Crippen molar-refractivity contribution in [3.8, 4) is 11.9 Å². The fourth-order valence-corrected chi connectivity index (χ4v) is 3.63. The molecule has 1 fully saturated rings. The molecule has 0 saturated heterocycles. The first-order valence-corrected chi connectivity index (χ1v) is 8.45. The van der Waals surface area contributed by atoms with Crippen LogP contribution in [-0.4, -0.2) is 15.5 Å². The summed E-state index contributed by atoms with van der Waals surface area (Å²) < 4.78 is 1.25. The Morgan fingerprint density at radius 1 is 1.28 bits per heavy atom. The molecule has 0 amide bonds. The number of carbonyl (C=O) groups excluding carboxylic acids is 1. The molecule has 1 heterocycles. The molecule has 1 aromatic carbocycles. The summed E-state index contributed by atoms with van der Waals surface area (Å²) in [7, 11) is 0. The van der Waals surface area contributed by atoms with E-state index in [4.69, 9.17) is 0 Å². The Morgan fingerprint density at radius 3 is 2.56 bits per heavy atom. The molecule has 128 valence electrons. The maximum atomic E-state index is 13.0. The second-order valence-electron chi connectivity index (χ2n) is 6.62. The van der Waals surface area contributed by atoms with E-state index in [0.29, 0.717) is 5.56 Å². The van der Waals surface area contributed by atoms with Crippen molar-refractivity contribution in [3.05, 3.63) is 62.4 Å². The minimum Gasteiger partial charge on any atom is -0.494 e. The number of benzene rings is 1. The van der Waals surface area contributed by atoms with Gasteiger partial charge < -0.3 is 5.11 Å². The molecule has 25 heavy (non-hydrogen) atoms. The van der Waals surface area contributed by atoms with Crippen molar-refractivity contribution in [2.45, 2.75) is 45.6 Å². The van der Waals surface area contributed by atoms with Crippen molar-refractivity contribution < 1.29 is 9.90 Å². The number of hydrogen-bond donors (Lipinski definition) is 1. The third-order valence-electron chi connectivity index (χ3n) is 4.94. The molecule has 5 heteroatoms. The summed E-state index contributed by atoms with van der Waals surface area (Å²) >= 11 is 0. The summed E-state index contributed by atoms with van der Waals surface area (Å²) in [5.41, 5.74) is 1.07. The summed E-state index contributed by atoms with van der Waals surface area (Å²) in [5, 5.41) is 20.2. The van der Waals surface area contributed by atoms with Crippen LogP contribution in [0.25, 0.3) is 0 Å². The lowest BCUT2D eigenvalue weighted by atomic mass is 9.96. The van der Waals surface area contributed by atoms with Crippen LogP contribution in [0.15, 0.2) is 29.1 Å². The van der Waals surface area contributed by atoms with Crippen molar-refractivity contribution >= 4 is 5.78 Å². The van der Waals surface area contributed by atoms with Gasteiger partial charge in [0.25, 0.3) is 5.56 Å². The van der Waals surface area contributed by atoms with Gasteiger partial charge in [-0.05, 0) is 38.3 Å². The van der Waals surface area contributed by atoms with E-state index in [1.807, 2.05) is 19.1 Å². The van der Waals surface area contributed by atoms with E-state index in [9.17, 15) is 20.0 Å². The van der Waals surface area contributed by atoms with E-state index in [1.54, 1.807) is 25.1 Å². The summed E-state index contributed by atoms with van der Waals surface area (Å²) in [6, 6.07) is 8.81. The topological polar surface area (TPSA) is 83.1 Å². The standard InChI is InChI=1S/C20H20N2O3/c1-12-6-5-7-14(10-12)18(23)17-13(2)16(11-21)19(24)22(20(17)25)15-8-3-4-9-15/h5-7,10,15,25H,3-4,8-9H2,1-2H3. The number of aromatic nitrogens is 1. The lowest BCUT2D eigenvalue weighted by molar-refractivity contribution is 0.103. The Labute approximate surface area is 146 Å². The average Bonchev–Trinajstić information content (AvgIpc) is 3.09. The second-order valence-corrected chi connectivity index (χ2v) is 6.62. The molecular weight excluding hydrogens is 316 g/mol. The van der Waals surface area contributed by atoms with Gasteiger partial charge in [0, 0.05) is 11.6 Å². The number of nitrogens with zero attached hydrogens (tertiary/aromatic N) is 2. The summed E-state index contributed by atoms with van der Waals surface area (Å²) in [4.78, 5) is 25.7. The highest BCUT2D eigenvalue weighted by atomic mass is 16.3. The zero-order valence-corrected chi connectivity index (χ0v) is 14.4. The molecule has 1 saturated carbocycles. The fraction of sp³-hybridized carbons (Fsp3) is 0.350. The van der Waals surface area contributed by atoms with Gasteiger partial charge in [0.1, 0.15) is 11.6 Å². The average molecular weight is 336 g/mol. The van der Waals surface area contributed by atoms with Crippen LogP contribution in [0, 0.1) is 25.2 Å². The third kappa shape index (κ3) is 2.85. The Kier molecular flexibility index (Phi) is 4.45. The van der Waals surface area contributed by atoms with E-state index < -0.39 is 5.56 Å². The minimum atomic E-state index is -0.509. The highest BCUT2D eigenvalue weighted by Gasteiger charge is 2.29. The van der Waals surface area contributed by atoms with Gasteiger partial charge in [-0.15, -0.1) is 0 Å².